The molecule has 12 heavy (non-hydrogen) atoms. The van der Waals surface area contributed by atoms with Gasteiger partial charge in [-0.3, -0.25) is 0 Å². The molecule has 4 nitrogen and oxygen atoms in total. The van der Waals surface area contributed by atoms with Crippen molar-refractivity contribution in [3.63, 3.8) is 0 Å². The summed E-state index contributed by atoms with van der Waals surface area (Å²) in [5.74, 6) is 1.35. The second-order valence-electron chi connectivity index (χ2n) is 2.98. The van der Waals surface area contributed by atoms with Gasteiger partial charge in [0.05, 0.1) is 0 Å². The Morgan fingerprint density at radius 1 is 1.50 bits per heavy atom. The maximum Gasteiger partial charge on any atom is 0.164 e. The summed E-state index contributed by atoms with van der Waals surface area (Å²) in [5, 5.41) is 8.77. The van der Waals surface area contributed by atoms with Crippen molar-refractivity contribution in [1.29, 1.82) is 5.26 Å². The summed E-state index contributed by atoms with van der Waals surface area (Å²) < 4.78 is 1.93. The summed E-state index contributed by atoms with van der Waals surface area (Å²) in [7, 11) is 0. The summed E-state index contributed by atoms with van der Waals surface area (Å²) in [5.41, 5.74) is 6.11. The Kier molecular flexibility index (Phi) is 1.51. The van der Waals surface area contributed by atoms with E-state index in [1.165, 1.54) is 0 Å². The first-order chi connectivity index (χ1) is 5.83. The predicted octanol–water partition coefficient (Wildman–Crippen LogP) is 0.673. The average molecular weight is 162 g/mol. The lowest BCUT2D eigenvalue weighted by Gasteiger charge is -2.13. The number of imidazole rings is 1. The SMILES string of the molecule is N#Cc1c(N)nc2n1CCCC2. The van der Waals surface area contributed by atoms with E-state index in [0.717, 1.165) is 31.6 Å². The van der Waals surface area contributed by atoms with Gasteiger partial charge in [-0.05, 0) is 12.8 Å². The summed E-state index contributed by atoms with van der Waals surface area (Å²) in [4.78, 5) is 4.14. The van der Waals surface area contributed by atoms with Crippen molar-refractivity contribution in [2.45, 2.75) is 25.8 Å². The molecule has 4 heteroatoms. The summed E-state index contributed by atoms with van der Waals surface area (Å²) >= 11 is 0. The summed E-state index contributed by atoms with van der Waals surface area (Å²) in [6, 6.07) is 2.08. The lowest BCUT2D eigenvalue weighted by atomic mass is 10.2. The van der Waals surface area contributed by atoms with Crippen molar-refractivity contribution >= 4 is 5.82 Å². The van der Waals surface area contributed by atoms with Crippen LogP contribution in [0.15, 0.2) is 0 Å². The van der Waals surface area contributed by atoms with Gasteiger partial charge in [0.2, 0.25) is 0 Å². The molecule has 0 amide bonds. The fourth-order valence-electron chi connectivity index (χ4n) is 1.62. The van der Waals surface area contributed by atoms with E-state index in [4.69, 9.17) is 11.0 Å². The maximum atomic E-state index is 8.77. The Balaban J connectivity index is 2.56. The zero-order chi connectivity index (χ0) is 8.55. The van der Waals surface area contributed by atoms with Crippen molar-refractivity contribution in [3.05, 3.63) is 11.5 Å². The Morgan fingerprint density at radius 2 is 2.33 bits per heavy atom. The molecule has 0 unspecified atom stereocenters. The minimum Gasteiger partial charge on any atom is -0.381 e. The first kappa shape index (κ1) is 7.17. The lowest BCUT2D eigenvalue weighted by molar-refractivity contribution is 0.519. The third-order valence-electron chi connectivity index (χ3n) is 2.21. The molecule has 0 bridgehead atoms. The van der Waals surface area contributed by atoms with E-state index in [2.05, 4.69) is 11.1 Å². The molecule has 2 N–H and O–H groups in total. The molecule has 1 aliphatic rings. The number of nitrogens with two attached hydrogens (primary N) is 1. The zero-order valence-electron chi connectivity index (χ0n) is 6.75. The van der Waals surface area contributed by atoms with Crippen molar-refractivity contribution < 1.29 is 0 Å². The van der Waals surface area contributed by atoms with E-state index in [-0.39, 0.29) is 0 Å². The second kappa shape index (κ2) is 2.52. The average Bonchev–Trinajstić information content (AvgIpc) is 2.40. The highest BCUT2D eigenvalue weighted by Gasteiger charge is 2.17. The fourth-order valence-corrected chi connectivity index (χ4v) is 1.62. The Labute approximate surface area is 70.6 Å². The molecule has 0 atom stereocenters. The minimum atomic E-state index is 0.384. The molecule has 1 aromatic heterocycles. The van der Waals surface area contributed by atoms with Crippen LogP contribution in [-0.4, -0.2) is 9.55 Å². The number of nitrogens with zero attached hydrogens (tertiary/aromatic N) is 3. The van der Waals surface area contributed by atoms with Crippen molar-refractivity contribution in [3.8, 4) is 6.07 Å². The van der Waals surface area contributed by atoms with E-state index in [9.17, 15) is 0 Å². The normalized spacial score (nSPS) is 15.2. The predicted molar refractivity (Wildman–Crippen MR) is 44.3 cm³/mol. The summed E-state index contributed by atoms with van der Waals surface area (Å²) in [6.07, 6.45) is 3.23. The zero-order valence-corrected chi connectivity index (χ0v) is 6.75. The molecule has 2 heterocycles. The van der Waals surface area contributed by atoms with Crippen LogP contribution in [0.1, 0.15) is 24.4 Å². The van der Waals surface area contributed by atoms with Gasteiger partial charge >= 0.3 is 0 Å². The topological polar surface area (TPSA) is 67.6 Å². The van der Waals surface area contributed by atoms with E-state index >= 15 is 0 Å². The van der Waals surface area contributed by atoms with Gasteiger partial charge in [-0.15, -0.1) is 0 Å². The first-order valence-electron chi connectivity index (χ1n) is 4.08. The number of nitrogen functional groups attached to an aromatic ring is 1. The van der Waals surface area contributed by atoms with Gasteiger partial charge in [0.15, 0.2) is 11.5 Å². The van der Waals surface area contributed by atoms with Gasteiger partial charge in [0, 0.05) is 13.0 Å². The van der Waals surface area contributed by atoms with E-state index in [0.29, 0.717) is 11.5 Å². The number of aromatic nitrogens is 2. The smallest absolute Gasteiger partial charge is 0.164 e. The number of anilines is 1. The van der Waals surface area contributed by atoms with Crippen LogP contribution in [0.2, 0.25) is 0 Å². The van der Waals surface area contributed by atoms with Crippen LogP contribution in [-0.2, 0) is 13.0 Å². The Hall–Kier alpha value is -1.50. The molecular formula is C8H10N4. The summed E-state index contributed by atoms with van der Waals surface area (Å²) in [6.45, 7) is 0.891. The number of aryl methyl sites for hydroxylation is 1. The monoisotopic (exact) mass is 162 g/mol. The van der Waals surface area contributed by atoms with E-state index in [1.54, 1.807) is 0 Å². The molecule has 0 radical (unpaired) electrons. The third kappa shape index (κ3) is 0.866. The fraction of sp³-hybridized carbons (Fsp3) is 0.500. The lowest BCUT2D eigenvalue weighted by Crippen LogP contribution is -2.11. The molecule has 0 aliphatic carbocycles. The molecular weight excluding hydrogens is 152 g/mol. The van der Waals surface area contributed by atoms with Gasteiger partial charge in [0.1, 0.15) is 11.9 Å². The van der Waals surface area contributed by atoms with Crippen LogP contribution in [0.4, 0.5) is 5.82 Å². The van der Waals surface area contributed by atoms with Gasteiger partial charge < -0.3 is 10.3 Å². The van der Waals surface area contributed by atoms with Crippen LogP contribution in [0.25, 0.3) is 0 Å². The van der Waals surface area contributed by atoms with Gasteiger partial charge in [-0.1, -0.05) is 0 Å². The van der Waals surface area contributed by atoms with Crippen molar-refractivity contribution in [1.82, 2.24) is 9.55 Å². The molecule has 0 fully saturated rings. The number of nitriles is 1. The van der Waals surface area contributed by atoms with Crippen molar-refractivity contribution in [2.24, 2.45) is 0 Å². The van der Waals surface area contributed by atoms with E-state index in [1.807, 2.05) is 4.57 Å². The highest BCUT2D eigenvalue weighted by Crippen LogP contribution is 2.19. The second-order valence-corrected chi connectivity index (χ2v) is 2.98. The van der Waals surface area contributed by atoms with Crippen molar-refractivity contribution in [2.75, 3.05) is 5.73 Å². The number of hydrogen-bond donors (Lipinski definition) is 1. The van der Waals surface area contributed by atoms with Crippen LogP contribution >= 0.6 is 0 Å². The largest absolute Gasteiger partial charge is 0.381 e. The molecule has 0 spiro atoms. The minimum absolute atomic E-state index is 0.384. The first-order valence-corrected chi connectivity index (χ1v) is 4.08. The Bertz CT molecular complexity index is 345. The van der Waals surface area contributed by atoms with Crippen LogP contribution in [0.3, 0.4) is 0 Å². The molecule has 0 aromatic carbocycles. The van der Waals surface area contributed by atoms with Gasteiger partial charge in [-0.25, -0.2) is 4.98 Å². The molecule has 2 rings (SSSR count). The quantitative estimate of drug-likeness (QED) is 0.609. The molecule has 62 valence electrons. The van der Waals surface area contributed by atoms with E-state index < -0.39 is 0 Å². The highest BCUT2D eigenvalue weighted by atomic mass is 15.1. The van der Waals surface area contributed by atoms with Gasteiger partial charge in [-0.2, -0.15) is 5.26 Å². The third-order valence-corrected chi connectivity index (χ3v) is 2.21. The molecule has 0 saturated heterocycles. The maximum absolute atomic E-state index is 8.77. The van der Waals surface area contributed by atoms with Crippen LogP contribution in [0.5, 0.6) is 0 Å². The number of hydrogen-bond acceptors (Lipinski definition) is 3. The Morgan fingerprint density at radius 3 is 3.08 bits per heavy atom. The van der Waals surface area contributed by atoms with Gasteiger partial charge in [0.25, 0.3) is 0 Å². The molecule has 1 aromatic rings. The van der Waals surface area contributed by atoms with Crippen LogP contribution < -0.4 is 5.73 Å². The molecule has 0 saturated carbocycles. The van der Waals surface area contributed by atoms with Crippen LogP contribution in [0, 0.1) is 11.3 Å². The standard InChI is InChI=1S/C8H10N4/c9-5-6-8(10)11-7-3-1-2-4-12(6)7/h1-4,10H2. The number of rotatable bonds is 0. The number of fused-ring (bicyclic) bond motifs is 1. The molecule has 1 aliphatic heterocycles. The highest BCUT2D eigenvalue weighted by molar-refractivity contribution is 5.45.